The number of piperidine rings is 1. The topological polar surface area (TPSA) is 52.7 Å². The van der Waals surface area contributed by atoms with Gasteiger partial charge in [-0.1, -0.05) is 25.1 Å². The van der Waals surface area contributed by atoms with Crippen molar-refractivity contribution in [1.29, 1.82) is 0 Å². The number of anilines is 1. The van der Waals surface area contributed by atoms with Crippen LogP contribution in [0.25, 0.3) is 0 Å². The van der Waals surface area contributed by atoms with E-state index in [4.69, 9.17) is 5.73 Å². The van der Waals surface area contributed by atoms with Crippen molar-refractivity contribution >= 4 is 5.69 Å². The highest BCUT2D eigenvalue weighted by molar-refractivity contribution is 5.47. The summed E-state index contributed by atoms with van der Waals surface area (Å²) in [6.45, 7) is 6.32. The monoisotopic (exact) mass is 277 g/mol. The smallest absolute Gasteiger partial charge is 0.0936 e. The quantitative estimate of drug-likeness (QED) is 0.805. The third-order valence-corrected chi connectivity index (χ3v) is 4.44. The summed E-state index contributed by atoms with van der Waals surface area (Å²) < 4.78 is 0. The second-order valence-electron chi connectivity index (χ2n) is 5.75. The first-order valence-electron chi connectivity index (χ1n) is 7.57. The first-order chi connectivity index (χ1) is 9.61. The van der Waals surface area contributed by atoms with Crippen molar-refractivity contribution in [3.63, 3.8) is 0 Å². The van der Waals surface area contributed by atoms with Crippen LogP contribution >= 0.6 is 0 Å². The Hall–Kier alpha value is -1.10. The molecule has 4 heteroatoms. The summed E-state index contributed by atoms with van der Waals surface area (Å²) in [6.07, 6.45) is 1.85. The molecule has 20 heavy (non-hydrogen) atoms. The Morgan fingerprint density at radius 2 is 2.00 bits per heavy atom. The highest BCUT2D eigenvalue weighted by Gasteiger charge is 2.23. The Kier molecular flexibility index (Phi) is 5.40. The van der Waals surface area contributed by atoms with Gasteiger partial charge in [0.1, 0.15) is 0 Å². The van der Waals surface area contributed by atoms with Gasteiger partial charge in [-0.15, -0.1) is 0 Å². The van der Waals surface area contributed by atoms with Crippen molar-refractivity contribution in [3.05, 3.63) is 29.8 Å². The van der Waals surface area contributed by atoms with Crippen molar-refractivity contribution in [2.75, 3.05) is 39.0 Å². The molecular formula is C16H27N3O. The summed E-state index contributed by atoms with van der Waals surface area (Å²) in [6, 6.07) is 8.15. The summed E-state index contributed by atoms with van der Waals surface area (Å²) in [5.41, 5.74) is 7.44. The predicted molar refractivity (Wildman–Crippen MR) is 83.6 cm³/mol. The molecule has 2 rings (SSSR count). The van der Waals surface area contributed by atoms with E-state index in [0.29, 0.717) is 18.3 Å². The van der Waals surface area contributed by atoms with Crippen LogP contribution in [0.1, 0.15) is 31.4 Å². The number of aliphatic hydroxyl groups is 1. The Bertz CT molecular complexity index is 416. The van der Waals surface area contributed by atoms with Crippen LogP contribution in [0.3, 0.4) is 0 Å². The number of hydrogen-bond donors (Lipinski definition) is 2. The van der Waals surface area contributed by atoms with E-state index in [-0.39, 0.29) is 0 Å². The molecule has 1 aromatic carbocycles. The molecule has 1 heterocycles. The third kappa shape index (κ3) is 3.72. The van der Waals surface area contributed by atoms with Gasteiger partial charge in [-0.3, -0.25) is 0 Å². The average molecular weight is 277 g/mol. The fourth-order valence-corrected chi connectivity index (χ4v) is 3.01. The van der Waals surface area contributed by atoms with Crippen LogP contribution in [0.5, 0.6) is 0 Å². The maximum Gasteiger partial charge on any atom is 0.0936 e. The second-order valence-corrected chi connectivity index (χ2v) is 5.75. The summed E-state index contributed by atoms with van der Waals surface area (Å²) >= 11 is 0. The zero-order valence-corrected chi connectivity index (χ0v) is 12.6. The number of hydrogen-bond acceptors (Lipinski definition) is 4. The highest BCUT2D eigenvalue weighted by Crippen LogP contribution is 2.23. The van der Waals surface area contributed by atoms with E-state index in [2.05, 4.69) is 23.8 Å². The Morgan fingerprint density at radius 1 is 1.35 bits per heavy atom. The first-order valence-corrected chi connectivity index (χ1v) is 7.57. The summed E-state index contributed by atoms with van der Waals surface area (Å²) in [5, 5.41) is 10.4. The van der Waals surface area contributed by atoms with Gasteiger partial charge in [-0.2, -0.15) is 0 Å². The molecule has 0 spiro atoms. The van der Waals surface area contributed by atoms with Gasteiger partial charge in [0.05, 0.1) is 6.10 Å². The van der Waals surface area contributed by atoms with Gasteiger partial charge in [0.25, 0.3) is 0 Å². The minimum absolute atomic E-state index is 0.509. The van der Waals surface area contributed by atoms with Gasteiger partial charge < -0.3 is 20.6 Å². The number of nitrogens with two attached hydrogens (primary N) is 1. The van der Waals surface area contributed by atoms with Crippen LogP contribution in [0.15, 0.2) is 24.3 Å². The molecule has 0 bridgehead atoms. The normalized spacial score (nSPS) is 19.4. The fraction of sp³-hybridized carbons (Fsp3) is 0.625. The van der Waals surface area contributed by atoms with Crippen LogP contribution in [0, 0.1) is 0 Å². The number of likely N-dealkylation sites (N-methyl/N-ethyl adjacent to an activating group) is 1. The zero-order chi connectivity index (χ0) is 14.5. The van der Waals surface area contributed by atoms with Crippen molar-refractivity contribution in [3.8, 4) is 0 Å². The minimum Gasteiger partial charge on any atom is -0.398 e. The van der Waals surface area contributed by atoms with E-state index in [9.17, 15) is 5.11 Å². The molecule has 0 aliphatic carbocycles. The van der Waals surface area contributed by atoms with Gasteiger partial charge in [0.15, 0.2) is 0 Å². The number of para-hydroxylation sites is 1. The molecule has 0 radical (unpaired) electrons. The molecule has 0 aromatic heterocycles. The highest BCUT2D eigenvalue weighted by atomic mass is 16.3. The lowest BCUT2D eigenvalue weighted by Crippen LogP contribution is -2.44. The number of aliphatic hydroxyl groups excluding tert-OH is 1. The second kappa shape index (κ2) is 7.07. The van der Waals surface area contributed by atoms with E-state index in [1.807, 2.05) is 24.3 Å². The molecule has 1 aromatic rings. The van der Waals surface area contributed by atoms with E-state index < -0.39 is 6.10 Å². The number of nitrogen functional groups attached to an aromatic ring is 1. The van der Waals surface area contributed by atoms with Crippen LogP contribution in [0.2, 0.25) is 0 Å². The van der Waals surface area contributed by atoms with Crippen molar-refractivity contribution in [2.45, 2.75) is 31.9 Å². The van der Waals surface area contributed by atoms with E-state index in [1.165, 1.54) is 12.8 Å². The Morgan fingerprint density at radius 3 is 2.60 bits per heavy atom. The summed E-state index contributed by atoms with van der Waals surface area (Å²) in [4.78, 5) is 4.76. The molecule has 1 aliphatic rings. The van der Waals surface area contributed by atoms with E-state index in [1.54, 1.807) is 0 Å². The molecule has 112 valence electrons. The summed E-state index contributed by atoms with van der Waals surface area (Å²) in [7, 11) is 2.11. The van der Waals surface area contributed by atoms with Crippen LogP contribution < -0.4 is 5.73 Å². The van der Waals surface area contributed by atoms with Crippen molar-refractivity contribution in [1.82, 2.24) is 9.80 Å². The SMILES string of the molecule is CCN1CCC(N(C)CC(O)c2ccccc2N)CC1. The molecule has 0 saturated carbocycles. The lowest BCUT2D eigenvalue weighted by molar-refractivity contribution is 0.0751. The van der Waals surface area contributed by atoms with Gasteiger partial charge >= 0.3 is 0 Å². The Labute approximate surface area is 122 Å². The Balaban J connectivity index is 1.88. The molecule has 0 amide bonds. The number of benzene rings is 1. The van der Waals surface area contributed by atoms with E-state index >= 15 is 0 Å². The largest absolute Gasteiger partial charge is 0.398 e. The maximum absolute atomic E-state index is 10.4. The van der Waals surface area contributed by atoms with Crippen molar-refractivity contribution < 1.29 is 5.11 Å². The minimum atomic E-state index is -0.509. The number of rotatable bonds is 5. The zero-order valence-electron chi connectivity index (χ0n) is 12.6. The van der Waals surface area contributed by atoms with Crippen LogP contribution in [-0.2, 0) is 0 Å². The maximum atomic E-state index is 10.4. The van der Waals surface area contributed by atoms with Gasteiger partial charge in [-0.25, -0.2) is 0 Å². The van der Waals surface area contributed by atoms with Gasteiger partial charge in [0, 0.05) is 23.8 Å². The van der Waals surface area contributed by atoms with Gasteiger partial charge in [-0.05, 0) is 45.6 Å². The van der Waals surface area contributed by atoms with Crippen LogP contribution in [-0.4, -0.2) is 54.2 Å². The molecule has 1 saturated heterocycles. The van der Waals surface area contributed by atoms with Crippen molar-refractivity contribution in [2.24, 2.45) is 0 Å². The summed E-state index contributed by atoms with van der Waals surface area (Å²) in [5.74, 6) is 0. The number of likely N-dealkylation sites (tertiary alicyclic amines) is 1. The third-order valence-electron chi connectivity index (χ3n) is 4.44. The predicted octanol–water partition coefficient (Wildman–Crippen LogP) is 1.72. The fourth-order valence-electron chi connectivity index (χ4n) is 3.01. The van der Waals surface area contributed by atoms with Gasteiger partial charge in [0.2, 0.25) is 0 Å². The molecular weight excluding hydrogens is 250 g/mol. The molecule has 4 nitrogen and oxygen atoms in total. The first kappa shape index (κ1) is 15.3. The lowest BCUT2D eigenvalue weighted by atomic mass is 10.0. The molecule has 1 aliphatic heterocycles. The molecule has 1 unspecified atom stereocenters. The molecule has 3 N–H and O–H groups in total. The molecule has 1 fully saturated rings. The number of nitrogens with zero attached hydrogens (tertiary/aromatic N) is 2. The average Bonchev–Trinajstić information content (AvgIpc) is 2.47. The van der Waals surface area contributed by atoms with Crippen LogP contribution in [0.4, 0.5) is 5.69 Å². The molecule has 1 atom stereocenters. The lowest BCUT2D eigenvalue weighted by Gasteiger charge is -2.37. The standard InChI is InChI=1S/C16H27N3O/c1-3-19-10-8-13(9-11-19)18(2)12-16(20)14-6-4-5-7-15(14)17/h4-7,13,16,20H,3,8-12,17H2,1-2H3. The van der Waals surface area contributed by atoms with E-state index in [0.717, 1.165) is 25.2 Å².